The van der Waals surface area contributed by atoms with E-state index in [0.717, 1.165) is 0 Å². The molecule has 0 atom stereocenters. The molecule has 0 aliphatic rings. The van der Waals surface area contributed by atoms with Gasteiger partial charge in [0.1, 0.15) is 11.4 Å². The highest BCUT2D eigenvalue weighted by Gasteiger charge is 2.16. The number of nitrogens with one attached hydrogen (secondary N) is 2. The average molecular weight is 578 g/mol. The quantitative estimate of drug-likeness (QED) is 0.206. The lowest BCUT2D eigenvalue weighted by molar-refractivity contribution is -0.117. The van der Waals surface area contributed by atoms with E-state index in [1.165, 1.54) is 12.3 Å². The van der Waals surface area contributed by atoms with E-state index in [9.17, 15) is 14.7 Å². The van der Waals surface area contributed by atoms with Crippen LogP contribution in [0.2, 0.25) is 5.02 Å². The fourth-order valence-corrected chi connectivity index (χ4v) is 4.09. The van der Waals surface area contributed by atoms with Crippen LogP contribution in [0.5, 0.6) is 5.75 Å². The summed E-state index contributed by atoms with van der Waals surface area (Å²) < 4.78 is 1.18. The number of hydrogen-bond acceptors (Lipinski definition) is 4. The first-order chi connectivity index (χ1) is 15.3. The second-order valence-electron chi connectivity index (χ2n) is 6.43. The fraction of sp³-hybridized carbons (Fsp3) is 0. The van der Waals surface area contributed by atoms with Gasteiger partial charge in [-0.15, -0.1) is 0 Å². The highest BCUT2D eigenvalue weighted by atomic mass is 79.9. The molecule has 0 radical (unpaired) electrons. The van der Waals surface area contributed by atoms with Crippen LogP contribution in [0, 0.1) is 0 Å². The van der Waals surface area contributed by atoms with Crippen LogP contribution in [0.25, 0.3) is 6.08 Å². The number of nitrogens with zero attached hydrogens (tertiary/aromatic N) is 1. The van der Waals surface area contributed by atoms with Crippen LogP contribution >= 0.6 is 43.5 Å². The summed E-state index contributed by atoms with van der Waals surface area (Å²) in [5.41, 5.74) is 3.64. The van der Waals surface area contributed by atoms with Crippen molar-refractivity contribution in [2.45, 2.75) is 0 Å². The molecule has 0 saturated carbocycles. The monoisotopic (exact) mass is 575 g/mol. The third-order valence-corrected chi connectivity index (χ3v) is 5.54. The van der Waals surface area contributed by atoms with Crippen molar-refractivity contribution in [3.8, 4) is 5.75 Å². The van der Waals surface area contributed by atoms with Gasteiger partial charge in [0.05, 0.1) is 21.3 Å². The zero-order valence-electron chi connectivity index (χ0n) is 16.4. The SMILES string of the molecule is O=C(NN=Cc1cc(Br)cc(Br)c1O)/C(=C\c1ccccc1)NC(=O)c1ccccc1Cl. The van der Waals surface area contributed by atoms with Crippen LogP contribution in [0.15, 0.2) is 86.5 Å². The molecule has 3 rings (SSSR count). The highest BCUT2D eigenvalue weighted by molar-refractivity contribution is 9.11. The molecule has 9 heteroatoms. The number of phenols is 1. The zero-order chi connectivity index (χ0) is 23.1. The lowest BCUT2D eigenvalue weighted by Crippen LogP contribution is -2.33. The predicted octanol–water partition coefficient (Wildman–Crippen LogP) is 5.49. The van der Waals surface area contributed by atoms with Crippen molar-refractivity contribution in [2.75, 3.05) is 0 Å². The van der Waals surface area contributed by atoms with Gasteiger partial charge in [0.2, 0.25) is 0 Å². The summed E-state index contributed by atoms with van der Waals surface area (Å²) >= 11 is 12.7. The van der Waals surface area contributed by atoms with E-state index < -0.39 is 11.8 Å². The van der Waals surface area contributed by atoms with Crippen molar-refractivity contribution in [3.05, 3.63) is 103 Å². The minimum absolute atomic E-state index is 0.0294. The van der Waals surface area contributed by atoms with Crippen molar-refractivity contribution < 1.29 is 14.7 Å². The van der Waals surface area contributed by atoms with Gasteiger partial charge in [0.15, 0.2) is 0 Å². The van der Waals surface area contributed by atoms with Gasteiger partial charge in [-0.2, -0.15) is 5.10 Å². The number of carbonyl (C=O) groups is 2. The maximum absolute atomic E-state index is 12.8. The van der Waals surface area contributed by atoms with Crippen molar-refractivity contribution in [1.82, 2.24) is 10.7 Å². The molecule has 0 aliphatic carbocycles. The maximum Gasteiger partial charge on any atom is 0.287 e. The predicted molar refractivity (Wildman–Crippen MR) is 133 cm³/mol. The second kappa shape index (κ2) is 11.1. The van der Waals surface area contributed by atoms with Gasteiger partial charge < -0.3 is 10.4 Å². The number of hydrogen-bond donors (Lipinski definition) is 3. The Hall–Kier alpha value is -2.94. The molecule has 3 N–H and O–H groups in total. The van der Waals surface area contributed by atoms with Crippen LogP contribution < -0.4 is 10.7 Å². The molecule has 0 heterocycles. The van der Waals surface area contributed by atoms with Gasteiger partial charge in [-0.05, 0) is 51.8 Å². The number of amides is 2. The summed E-state index contributed by atoms with van der Waals surface area (Å²) in [5.74, 6) is -1.22. The Morgan fingerprint density at radius 3 is 2.41 bits per heavy atom. The maximum atomic E-state index is 12.8. The van der Waals surface area contributed by atoms with E-state index in [2.05, 4.69) is 47.7 Å². The summed E-state index contributed by atoms with van der Waals surface area (Å²) in [7, 11) is 0. The molecule has 0 aliphatic heterocycles. The molecular formula is C23H16Br2ClN3O3. The average Bonchev–Trinajstić information content (AvgIpc) is 2.77. The van der Waals surface area contributed by atoms with E-state index in [1.807, 2.05) is 18.2 Å². The smallest absolute Gasteiger partial charge is 0.287 e. The first-order valence-corrected chi connectivity index (χ1v) is 11.2. The number of halogens is 3. The minimum atomic E-state index is -0.654. The zero-order valence-corrected chi connectivity index (χ0v) is 20.3. The molecule has 0 bridgehead atoms. The summed E-state index contributed by atoms with van der Waals surface area (Å²) in [6.45, 7) is 0. The van der Waals surface area contributed by atoms with Gasteiger partial charge in [-0.25, -0.2) is 5.43 Å². The standard InChI is InChI=1S/C23H16Br2ClN3O3/c24-16-11-15(21(30)18(25)12-16)13-27-29-23(32)20(10-14-6-2-1-3-7-14)28-22(31)17-8-4-5-9-19(17)26/h1-13,30H,(H,28,31)(H,29,32)/b20-10+,27-13?. The summed E-state index contributed by atoms with van der Waals surface area (Å²) in [6, 6.07) is 18.9. The van der Waals surface area contributed by atoms with Crippen LogP contribution in [-0.2, 0) is 4.79 Å². The molecule has 0 saturated heterocycles. The van der Waals surface area contributed by atoms with E-state index in [0.29, 0.717) is 20.1 Å². The molecule has 0 spiro atoms. The second-order valence-corrected chi connectivity index (χ2v) is 8.60. The lowest BCUT2D eigenvalue weighted by Gasteiger charge is -2.10. The van der Waals surface area contributed by atoms with Crippen molar-refractivity contribution in [3.63, 3.8) is 0 Å². The van der Waals surface area contributed by atoms with Gasteiger partial charge in [-0.1, -0.05) is 70.0 Å². The Bertz CT molecular complexity index is 1210. The topological polar surface area (TPSA) is 90.8 Å². The molecule has 162 valence electrons. The molecule has 3 aromatic rings. The third kappa shape index (κ3) is 6.29. The Kier molecular flexibility index (Phi) is 8.21. The van der Waals surface area contributed by atoms with E-state index in [4.69, 9.17) is 11.6 Å². The molecule has 32 heavy (non-hydrogen) atoms. The summed E-state index contributed by atoms with van der Waals surface area (Å²) in [4.78, 5) is 25.5. The molecule has 0 fully saturated rings. The number of aromatic hydroxyl groups is 1. The molecular weight excluding hydrogens is 562 g/mol. The summed E-state index contributed by atoms with van der Waals surface area (Å²) in [5, 5.41) is 16.9. The van der Waals surface area contributed by atoms with E-state index in [1.54, 1.807) is 48.5 Å². The number of hydrazone groups is 1. The normalized spacial score (nSPS) is 11.4. The van der Waals surface area contributed by atoms with Crippen LogP contribution in [0.4, 0.5) is 0 Å². The number of benzene rings is 3. The first-order valence-electron chi connectivity index (χ1n) is 9.19. The number of phenolic OH excluding ortho intramolecular Hbond substituents is 1. The Balaban J connectivity index is 1.83. The highest BCUT2D eigenvalue weighted by Crippen LogP contribution is 2.30. The van der Waals surface area contributed by atoms with Gasteiger partial charge in [0, 0.05) is 10.0 Å². The van der Waals surface area contributed by atoms with Crippen molar-refractivity contribution >= 4 is 67.6 Å². The molecule has 3 aromatic carbocycles. The van der Waals surface area contributed by atoms with E-state index in [-0.39, 0.29) is 22.0 Å². The first kappa shape index (κ1) is 23.7. The summed E-state index contributed by atoms with van der Waals surface area (Å²) in [6.07, 6.45) is 2.81. The molecule has 0 unspecified atom stereocenters. The van der Waals surface area contributed by atoms with Gasteiger partial charge >= 0.3 is 0 Å². The fourth-order valence-electron chi connectivity index (χ4n) is 2.61. The number of carbonyl (C=O) groups excluding carboxylic acids is 2. The lowest BCUT2D eigenvalue weighted by atomic mass is 10.1. The third-order valence-electron chi connectivity index (χ3n) is 4.15. The molecule has 6 nitrogen and oxygen atoms in total. The Labute approximate surface area is 206 Å². The number of rotatable bonds is 6. The van der Waals surface area contributed by atoms with Crippen molar-refractivity contribution in [1.29, 1.82) is 0 Å². The molecule has 2 amide bonds. The van der Waals surface area contributed by atoms with Crippen LogP contribution in [0.3, 0.4) is 0 Å². The largest absolute Gasteiger partial charge is 0.506 e. The minimum Gasteiger partial charge on any atom is -0.506 e. The molecule has 0 aromatic heterocycles. The van der Waals surface area contributed by atoms with Crippen LogP contribution in [0.1, 0.15) is 21.5 Å². The van der Waals surface area contributed by atoms with Gasteiger partial charge in [0.25, 0.3) is 11.8 Å². The van der Waals surface area contributed by atoms with Gasteiger partial charge in [-0.3, -0.25) is 9.59 Å². The Morgan fingerprint density at radius 2 is 1.69 bits per heavy atom. The Morgan fingerprint density at radius 1 is 1.00 bits per heavy atom. The van der Waals surface area contributed by atoms with Crippen LogP contribution in [-0.4, -0.2) is 23.1 Å². The van der Waals surface area contributed by atoms with Crippen molar-refractivity contribution in [2.24, 2.45) is 5.10 Å². The van der Waals surface area contributed by atoms with E-state index >= 15 is 0 Å².